The van der Waals surface area contributed by atoms with E-state index in [1.165, 1.54) is 14.7 Å². The van der Waals surface area contributed by atoms with Crippen LogP contribution in [0.2, 0.25) is 0 Å². The van der Waals surface area contributed by atoms with Crippen molar-refractivity contribution in [1.29, 1.82) is 0 Å². The fraction of sp³-hybridized carbons (Fsp3) is 0.578. The summed E-state index contributed by atoms with van der Waals surface area (Å²) in [5.41, 5.74) is 1.62. The van der Waals surface area contributed by atoms with E-state index < -0.39 is 83.6 Å². The van der Waals surface area contributed by atoms with Crippen molar-refractivity contribution in [3.8, 4) is 0 Å². The molecule has 4 aliphatic rings. The number of amides is 7. The summed E-state index contributed by atoms with van der Waals surface area (Å²) >= 11 is 0. The average molecular weight is 812 g/mol. The van der Waals surface area contributed by atoms with E-state index in [1.54, 1.807) is 0 Å². The predicted molar refractivity (Wildman–Crippen MR) is 221 cm³/mol. The van der Waals surface area contributed by atoms with Crippen LogP contribution in [0.25, 0.3) is 0 Å². The molecule has 8 atom stereocenters. The van der Waals surface area contributed by atoms with Gasteiger partial charge in [0, 0.05) is 32.5 Å². The number of nitrogens with zero attached hydrogens (tertiary/aromatic N) is 3. The summed E-state index contributed by atoms with van der Waals surface area (Å²) in [6, 6.07) is 11.9. The molecule has 4 N–H and O–H groups in total. The van der Waals surface area contributed by atoms with Gasteiger partial charge in [0.05, 0.1) is 0 Å². The van der Waals surface area contributed by atoms with Gasteiger partial charge in [-0.05, 0) is 67.9 Å². The van der Waals surface area contributed by atoms with Gasteiger partial charge < -0.3 is 36.0 Å². The summed E-state index contributed by atoms with van der Waals surface area (Å²) in [7, 11) is 0. The van der Waals surface area contributed by atoms with Gasteiger partial charge in [-0.1, -0.05) is 94.8 Å². The van der Waals surface area contributed by atoms with E-state index in [0.29, 0.717) is 51.5 Å². The SMILES string of the molecule is CC[C@H](C)[C@@H]1NC(=O)[C@H](CC(C)C)NC(=O)[C@@H]2CCCN2C(=O)[C@H](Cc2ccccc2)NC(=O)[C@@H]2CCCN2C(=O)[C@H](Cc2ccccc2)NC(=O)[C@@H]2CCCN2C1=O. The third kappa shape index (κ3) is 10.3. The molecule has 2 aromatic rings. The van der Waals surface area contributed by atoms with Crippen LogP contribution in [0.15, 0.2) is 60.7 Å². The first-order valence-electron chi connectivity index (χ1n) is 21.6. The molecule has 4 aliphatic heterocycles. The third-order valence-corrected chi connectivity index (χ3v) is 12.4. The molecule has 318 valence electrons. The highest BCUT2D eigenvalue weighted by molar-refractivity contribution is 5.99. The number of carbonyl (C=O) groups is 7. The second-order valence-electron chi connectivity index (χ2n) is 17.1. The Balaban J connectivity index is 1.39. The predicted octanol–water partition coefficient (Wildman–Crippen LogP) is 2.49. The van der Waals surface area contributed by atoms with Crippen molar-refractivity contribution in [2.45, 2.75) is 134 Å². The third-order valence-electron chi connectivity index (χ3n) is 12.4. The first-order chi connectivity index (χ1) is 28.4. The summed E-state index contributed by atoms with van der Waals surface area (Å²) in [5, 5.41) is 11.9. The van der Waals surface area contributed by atoms with E-state index in [-0.39, 0.29) is 44.2 Å². The van der Waals surface area contributed by atoms with Crippen LogP contribution in [0.5, 0.6) is 0 Å². The van der Waals surface area contributed by atoms with Crippen LogP contribution in [0.1, 0.15) is 90.2 Å². The Kier molecular flexibility index (Phi) is 14.4. The molecule has 4 fully saturated rings. The molecule has 0 bridgehead atoms. The molecular formula is C45H61N7O7. The van der Waals surface area contributed by atoms with Crippen LogP contribution in [0.4, 0.5) is 0 Å². The van der Waals surface area contributed by atoms with Crippen molar-refractivity contribution in [1.82, 2.24) is 36.0 Å². The van der Waals surface area contributed by atoms with E-state index in [2.05, 4.69) is 21.3 Å². The standard InChI is InChI=1S/C45H61N7O7/c1-5-29(4)38-45(59)52-24-14-21-37(52)42(56)48-34(27-31-17-10-7-11-18-31)44(58)51-23-13-20-36(51)41(55)47-33(26-30-15-8-6-9-16-30)43(57)50-22-12-19-35(50)40(54)46-32(25-28(2)3)39(53)49-38/h6-11,15-18,28-29,32-38H,5,12-14,19-27H2,1-4H3,(H,46,54)(H,47,55)(H,48,56)(H,49,53)/t29-,32-,33-,34-,35-,36-,37-,38-/m0/s1. The van der Waals surface area contributed by atoms with Crippen molar-refractivity contribution in [3.05, 3.63) is 71.8 Å². The van der Waals surface area contributed by atoms with Crippen molar-refractivity contribution in [3.63, 3.8) is 0 Å². The first kappa shape index (κ1) is 43.3. The number of nitrogens with one attached hydrogen (secondary N) is 4. The second kappa shape index (κ2) is 19.7. The minimum absolute atomic E-state index is 0.00147. The monoisotopic (exact) mass is 811 g/mol. The van der Waals surface area contributed by atoms with E-state index in [1.807, 2.05) is 88.4 Å². The zero-order chi connectivity index (χ0) is 42.2. The van der Waals surface area contributed by atoms with Crippen LogP contribution in [-0.4, -0.2) is 118 Å². The molecule has 0 aliphatic carbocycles. The Labute approximate surface area is 347 Å². The molecule has 59 heavy (non-hydrogen) atoms. The van der Waals surface area contributed by atoms with Gasteiger partial charge in [-0.15, -0.1) is 0 Å². The highest BCUT2D eigenvalue weighted by Gasteiger charge is 2.45. The lowest BCUT2D eigenvalue weighted by Gasteiger charge is -2.34. The maximum absolute atomic E-state index is 14.6. The van der Waals surface area contributed by atoms with Gasteiger partial charge in [-0.3, -0.25) is 33.6 Å². The Morgan fingerprint density at radius 3 is 1.31 bits per heavy atom. The Morgan fingerprint density at radius 1 is 0.525 bits per heavy atom. The molecule has 6 rings (SSSR count). The van der Waals surface area contributed by atoms with Gasteiger partial charge in [0.2, 0.25) is 41.4 Å². The van der Waals surface area contributed by atoms with Gasteiger partial charge in [-0.2, -0.15) is 0 Å². The number of fused-ring (bicyclic) bond motifs is 3. The van der Waals surface area contributed by atoms with E-state index in [0.717, 1.165) is 11.1 Å². The van der Waals surface area contributed by atoms with Crippen molar-refractivity contribution >= 4 is 41.4 Å². The molecular weight excluding hydrogens is 751 g/mol. The maximum Gasteiger partial charge on any atom is 0.246 e. The summed E-state index contributed by atoms with van der Waals surface area (Å²) < 4.78 is 0. The number of hydrogen-bond donors (Lipinski definition) is 4. The molecule has 7 amide bonds. The molecule has 4 heterocycles. The molecule has 4 saturated heterocycles. The molecule has 0 unspecified atom stereocenters. The largest absolute Gasteiger partial charge is 0.343 e. The summed E-state index contributed by atoms with van der Waals surface area (Å²) in [6.45, 7) is 8.54. The summed E-state index contributed by atoms with van der Waals surface area (Å²) in [5.74, 6) is -3.52. The lowest BCUT2D eigenvalue weighted by Crippen LogP contribution is -2.60. The number of rotatable bonds is 8. The van der Waals surface area contributed by atoms with E-state index in [4.69, 9.17) is 0 Å². The lowest BCUT2D eigenvalue weighted by molar-refractivity contribution is -0.145. The van der Waals surface area contributed by atoms with Crippen molar-refractivity contribution in [2.75, 3.05) is 19.6 Å². The number of carbonyl (C=O) groups excluding carboxylic acids is 7. The maximum atomic E-state index is 14.6. The summed E-state index contributed by atoms with van der Waals surface area (Å²) in [6.07, 6.45) is 3.94. The van der Waals surface area contributed by atoms with E-state index in [9.17, 15) is 33.6 Å². The molecule has 0 aromatic heterocycles. The van der Waals surface area contributed by atoms with Crippen molar-refractivity contribution in [2.24, 2.45) is 11.8 Å². The fourth-order valence-electron chi connectivity index (χ4n) is 9.03. The molecule has 0 saturated carbocycles. The lowest BCUT2D eigenvalue weighted by atomic mass is 9.95. The van der Waals surface area contributed by atoms with Gasteiger partial charge >= 0.3 is 0 Å². The quantitative estimate of drug-likeness (QED) is 0.317. The van der Waals surface area contributed by atoms with Crippen molar-refractivity contribution < 1.29 is 33.6 Å². The Morgan fingerprint density at radius 2 is 0.915 bits per heavy atom. The Hall–Kier alpha value is -5.27. The number of hydrogen-bond acceptors (Lipinski definition) is 7. The smallest absolute Gasteiger partial charge is 0.246 e. The van der Waals surface area contributed by atoms with Gasteiger partial charge in [-0.25, -0.2) is 0 Å². The van der Waals surface area contributed by atoms with Gasteiger partial charge in [0.25, 0.3) is 0 Å². The number of benzene rings is 2. The molecule has 14 heteroatoms. The Bertz CT molecular complexity index is 1840. The van der Waals surface area contributed by atoms with E-state index >= 15 is 0 Å². The molecule has 0 spiro atoms. The average Bonchev–Trinajstić information content (AvgIpc) is 4.03. The fourth-order valence-corrected chi connectivity index (χ4v) is 9.03. The minimum Gasteiger partial charge on any atom is -0.343 e. The second-order valence-corrected chi connectivity index (χ2v) is 17.1. The van der Waals surface area contributed by atoms with Crippen LogP contribution in [-0.2, 0) is 46.4 Å². The minimum atomic E-state index is -1.05. The van der Waals surface area contributed by atoms with Crippen LogP contribution < -0.4 is 21.3 Å². The zero-order valence-electron chi connectivity index (χ0n) is 34.9. The summed E-state index contributed by atoms with van der Waals surface area (Å²) in [4.78, 5) is 105. The van der Waals surface area contributed by atoms with Crippen LogP contribution in [0.3, 0.4) is 0 Å². The first-order valence-corrected chi connectivity index (χ1v) is 21.6. The highest BCUT2D eigenvalue weighted by atomic mass is 16.2. The van der Waals surface area contributed by atoms with Gasteiger partial charge in [0.15, 0.2) is 0 Å². The molecule has 2 aromatic carbocycles. The van der Waals surface area contributed by atoms with Crippen LogP contribution >= 0.6 is 0 Å². The highest BCUT2D eigenvalue weighted by Crippen LogP contribution is 2.26. The normalized spacial score (nSPS) is 28.3. The van der Waals surface area contributed by atoms with Gasteiger partial charge in [0.1, 0.15) is 42.3 Å². The zero-order valence-corrected chi connectivity index (χ0v) is 34.9. The van der Waals surface area contributed by atoms with Crippen LogP contribution in [0, 0.1) is 11.8 Å². The topological polar surface area (TPSA) is 177 Å². The molecule has 0 radical (unpaired) electrons. The molecule has 14 nitrogen and oxygen atoms in total.